The van der Waals surface area contributed by atoms with E-state index >= 15 is 0 Å². The Morgan fingerprint density at radius 1 is 1.27 bits per heavy atom. The van der Waals surface area contributed by atoms with E-state index in [4.69, 9.17) is 0 Å². The Morgan fingerprint density at radius 2 is 2.08 bits per heavy atom. The van der Waals surface area contributed by atoms with Gasteiger partial charge in [0.25, 0.3) is 0 Å². The Labute approximate surface area is 170 Å². The van der Waals surface area contributed by atoms with Gasteiger partial charge in [-0.15, -0.1) is 24.0 Å². The van der Waals surface area contributed by atoms with Gasteiger partial charge in [0, 0.05) is 31.4 Å². The molecule has 0 radical (unpaired) electrons. The van der Waals surface area contributed by atoms with Crippen LogP contribution < -0.4 is 15.5 Å². The third kappa shape index (κ3) is 5.45. The van der Waals surface area contributed by atoms with Crippen LogP contribution in [-0.2, 0) is 17.9 Å². The highest BCUT2D eigenvalue weighted by Gasteiger charge is 2.21. The quantitative estimate of drug-likeness (QED) is 0.346. The Hall–Kier alpha value is -2.10. The van der Waals surface area contributed by atoms with Gasteiger partial charge in [0.1, 0.15) is 0 Å². The third-order valence-corrected chi connectivity index (χ3v) is 4.09. The molecule has 3 N–H and O–H groups in total. The van der Waals surface area contributed by atoms with Gasteiger partial charge in [-0.3, -0.25) is 9.89 Å². The molecule has 0 atom stereocenters. The largest absolute Gasteiger partial charge is 0.357 e. The highest BCUT2D eigenvalue weighted by atomic mass is 127. The van der Waals surface area contributed by atoms with Gasteiger partial charge in [0.15, 0.2) is 5.96 Å². The van der Waals surface area contributed by atoms with Crippen LogP contribution >= 0.6 is 24.0 Å². The third-order valence-electron chi connectivity index (χ3n) is 4.09. The number of guanidine groups is 1. The van der Waals surface area contributed by atoms with Gasteiger partial charge in [-0.05, 0) is 37.1 Å². The molecule has 0 saturated carbocycles. The molecule has 26 heavy (non-hydrogen) atoms. The first kappa shape index (κ1) is 20.2. The van der Waals surface area contributed by atoms with Crippen LogP contribution in [0.3, 0.4) is 0 Å². The van der Waals surface area contributed by atoms with Gasteiger partial charge in [-0.25, -0.2) is 4.99 Å². The van der Waals surface area contributed by atoms with E-state index in [2.05, 4.69) is 25.8 Å². The van der Waals surface area contributed by atoms with E-state index in [9.17, 15) is 4.79 Å². The molecule has 2 aromatic rings. The van der Waals surface area contributed by atoms with E-state index in [0.717, 1.165) is 42.4 Å². The Bertz CT molecular complexity index is 714. The van der Waals surface area contributed by atoms with Crippen LogP contribution in [0.2, 0.25) is 0 Å². The minimum Gasteiger partial charge on any atom is -0.357 e. The van der Waals surface area contributed by atoms with Crippen LogP contribution in [0.25, 0.3) is 0 Å². The summed E-state index contributed by atoms with van der Waals surface area (Å²) >= 11 is 0. The van der Waals surface area contributed by atoms with E-state index in [1.807, 2.05) is 42.2 Å². The van der Waals surface area contributed by atoms with E-state index in [-0.39, 0.29) is 29.9 Å². The monoisotopic (exact) mass is 468 g/mol. The summed E-state index contributed by atoms with van der Waals surface area (Å²) < 4.78 is 0. The zero-order chi connectivity index (χ0) is 17.5. The highest BCUT2D eigenvalue weighted by Crippen LogP contribution is 2.21. The Morgan fingerprint density at radius 3 is 2.69 bits per heavy atom. The van der Waals surface area contributed by atoms with Gasteiger partial charge in [-0.1, -0.05) is 12.1 Å². The van der Waals surface area contributed by atoms with Crippen molar-refractivity contribution in [2.24, 2.45) is 4.99 Å². The Balaban J connectivity index is 0.00000243. The molecule has 1 amide bonds. The predicted octanol–water partition coefficient (Wildman–Crippen LogP) is 2.41. The number of amides is 1. The van der Waals surface area contributed by atoms with Crippen molar-refractivity contribution < 1.29 is 4.79 Å². The molecular weight excluding hydrogens is 443 g/mol. The molecule has 2 heterocycles. The summed E-state index contributed by atoms with van der Waals surface area (Å²) in [5.41, 5.74) is 3.08. The first-order valence-corrected chi connectivity index (χ1v) is 8.66. The molecule has 7 nitrogen and oxygen atoms in total. The molecular formula is C18H25IN6O. The molecule has 0 bridgehead atoms. The molecule has 1 aromatic carbocycles. The second kappa shape index (κ2) is 10.1. The van der Waals surface area contributed by atoms with E-state index in [1.54, 1.807) is 6.20 Å². The summed E-state index contributed by atoms with van der Waals surface area (Å²) in [6.45, 7) is 4.87. The molecule has 0 aliphatic carbocycles. The minimum atomic E-state index is 0. The number of aromatic amines is 1. The number of carbonyl (C=O) groups excluding carboxylic acids is 1. The van der Waals surface area contributed by atoms with E-state index in [0.29, 0.717) is 19.5 Å². The van der Waals surface area contributed by atoms with Gasteiger partial charge in [-0.2, -0.15) is 5.10 Å². The molecule has 140 valence electrons. The van der Waals surface area contributed by atoms with E-state index < -0.39 is 0 Å². The molecule has 1 aliphatic rings. The van der Waals surface area contributed by atoms with Crippen molar-refractivity contribution in [2.45, 2.75) is 32.9 Å². The maximum Gasteiger partial charge on any atom is 0.227 e. The van der Waals surface area contributed by atoms with Crippen LogP contribution in [0.1, 0.15) is 31.0 Å². The van der Waals surface area contributed by atoms with Crippen molar-refractivity contribution >= 4 is 41.5 Å². The number of anilines is 1. The van der Waals surface area contributed by atoms with Gasteiger partial charge in [0.05, 0.1) is 18.8 Å². The second-order valence-electron chi connectivity index (χ2n) is 5.95. The van der Waals surface area contributed by atoms with Crippen LogP contribution in [-0.4, -0.2) is 35.2 Å². The lowest BCUT2D eigenvalue weighted by molar-refractivity contribution is -0.117. The highest BCUT2D eigenvalue weighted by molar-refractivity contribution is 14.0. The lowest BCUT2D eigenvalue weighted by Crippen LogP contribution is -2.36. The number of H-pyrrole nitrogens is 1. The normalized spacial score (nSPS) is 14.3. The van der Waals surface area contributed by atoms with E-state index in [1.165, 1.54) is 0 Å². The molecule has 1 aromatic heterocycles. The smallest absolute Gasteiger partial charge is 0.227 e. The standard InChI is InChI=1S/C18H24N6O.HI/c1-2-19-18(21-13-15-9-10-22-23-15)20-12-14-5-7-16(8-6-14)24-11-3-4-17(24)25;/h5-10H,2-4,11-13H2,1H3,(H,22,23)(H2,19,20,21);1H. The number of benzene rings is 1. The summed E-state index contributed by atoms with van der Waals surface area (Å²) in [6, 6.07) is 9.98. The van der Waals surface area contributed by atoms with Gasteiger partial charge in [0.2, 0.25) is 5.91 Å². The number of nitrogens with zero attached hydrogens (tertiary/aromatic N) is 3. The fourth-order valence-corrected chi connectivity index (χ4v) is 2.78. The summed E-state index contributed by atoms with van der Waals surface area (Å²) in [7, 11) is 0. The number of rotatable bonds is 6. The number of carbonyl (C=O) groups is 1. The molecule has 3 rings (SSSR count). The maximum atomic E-state index is 11.8. The number of aromatic nitrogens is 2. The first-order valence-electron chi connectivity index (χ1n) is 8.66. The van der Waals surface area contributed by atoms with Gasteiger partial charge >= 0.3 is 0 Å². The zero-order valence-electron chi connectivity index (χ0n) is 14.9. The molecule has 1 saturated heterocycles. The average Bonchev–Trinajstić information content (AvgIpc) is 3.29. The summed E-state index contributed by atoms with van der Waals surface area (Å²) in [4.78, 5) is 18.3. The fraction of sp³-hybridized carbons (Fsp3) is 0.389. The maximum absolute atomic E-state index is 11.8. The lowest BCUT2D eigenvalue weighted by atomic mass is 10.2. The summed E-state index contributed by atoms with van der Waals surface area (Å²) in [5.74, 6) is 0.971. The van der Waals surface area contributed by atoms with Crippen molar-refractivity contribution in [3.8, 4) is 0 Å². The average molecular weight is 468 g/mol. The van der Waals surface area contributed by atoms with Crippen LogP contribution in [0.5, 0.6) is 0 Å². The van der Waals surface area contributed by atoms with Crippen molar-refractivity contribution in [1.82, 2.24) is 20.8 Å². The number of halogens is 1. The SMILES string of the molecule is CCNC(=NCc1ccc(N2CCCC2=O)cc1)NCc1ccn[nH]1.I. The van der Waals surface area contributed by atoms with Crippen LogP contribution in [0.4, 0.5) is 5.69 Å². The summed E-state index contributed by atoms with van der Waals surface area (Å²) in [6.07, 6.45) is 3.33. The predicted molar refractivity (Wildman–Crippen MR) is 114 cm³/mol. The lowest BCUT2D eigenvalue weighted by Gasteiger charge is -2.15. The number of aliphatic imine (C=N–C) groups is 1. The van der Waals surface area contributed by atoms with Crippen LogP contribution in [0.15, 0.2) is 41.5 Å². The number of nitrogens with one attached hydrogen (secondary N) is 3. The molecule has 0 unspecified atom stereocenters. The molecule has 8 heteroatoms. The topological polar surface area (TPSA) is 85.4 Å². The number of hydrogen-bond donors (Lipinski definition) is 3. The number of hydrogen-bond acceptors (Lipinski definition) is 3. The molecule has 0 spiro atoms. The van der Waals surface area contributed by atoms with Crippen molar-refractivity contribution in [2.75, 3.05) is 18.0 Å². The zero-order valence-corrected chi connectivity index (χ0v) is 17.2. The first-order chi connectivity index (χ1) is 12.3. The molecule has 1 aliphatic heterocycles. The fourth-order valence-electron chi connectivity index (χ4n) is 2.78. The second-order valence-corrected chi connectivity index (χ2v) is 5.95. The Kier molecular flexibility index (Phi) is 7.89. The minimum absolute atomic E-state index is 0. The molecule has 1 fully saturated rings. The van der Waals surface area contributed by atoms with Gasteiger partial charge < -0.3 is 15.5 Å². The van der Waals surface area contributed by atoms with Crippen LogP contribution in [0, 0.1) is 0 Å². The van der Waals surface area contributed by atoms with Crippen molar-refractivity contribution in [3.05, 3.63) is 47.8 Å². The van der Waals surface area contributed by atoms with Crippen molar-refractivity contribution in [1.29, 1.82) is 0 Å². The van der Waals surface area contributed by atoms with Crippen molar-refractivity contribution in [3.63, 3.8) is 0 Å². The summed E-state index contributed by atoms with van der Waals surface area (Å²) in [5, 5.41) is 13.3.